The molecule has 4 aromatic rings. The molecule has 5 rings (SSSR count). The molecule has 0 radical (unpaired) electrons. The van der Waals surface area contributed by atoms with Crippen LogP contribution in [0.5, 0.6) is 0 Å². The first-order valence-corrected chi connectivity index (χ1v) is 13.6. The summed E-state index contributed by atoms with van der Waals surface area (Å²) in [6.07, 6.45) is 4.80. The normalized spacial score (nSPS) is 20.7. The molecule has 10 nitrogen and oxygen atoms in total. The van der Waals surface area contributed by atoms with Crippen LogP contribution in [0.15, 0.2) is 66.2 Å². The molecule has 37 heavy (non-hydrogen) atoms. The maximum absolute atomic E-state index is 13.7. The number of aliphatic hydroxyl groups is 2. The Morgan fingerprint density at radius 2 is 1.59 bits per heavy atom. The molecule has 1 aromatic carbocycles. The smallest absolute Gasteiger partial charge is 0.258 e. The minimum absolute atomic E-state index is 0.0184. The van der Waals surface area contributed by atoms with E-state index in [9.17, 15) is 18.6 Å². The van der Waals surface area contributed by atoms with Crippen LogP contribution in [0.1, 0.15) is 13.8 Å². The lowest BCUT2D eigenvalue weighted by Gasteiger charge is -2.48. The molecule has 0 spiro atoms. The van der Waals surface area contributed by atoms with Crippen molar-refractivity contribution in [2.24, 2.45) is 0 Å². The topological polar surface area (TPSA) is 136 Å². The predicted molar refractivity (Wildman–Crippen MR) is 141 cm³/mol. The molecule has 4 atom stereocenters. The quantitative estimate of drug-likeness (QED) is 0.338. The average molecular weight is 543 g/mol. The van der Waals surface area contributed by atoms with Crippen molar-refractivity contribution in [1.29, 1.82) is 0 Å². The number of benzene rings is 1. The maximum atomic E-state index is 13.7. The Morgan fingerprint density at radius 1 is 0.973 bits per heavy atom. The second kappa shape index (κ2) is 9.99. The molecule has 3 N–H and O–H groups in total. The first-order chi connectivity index (χ1) is 17.6. The number of piperazine rings is 1. The number of halogens is 1. The standard InChI is InChI=1S/C25H27ClN6O4S/c1-15(33)22-13-31(37(35,36)24-10-18-9-20(26)3-4-21(18)30-24)14-23(16(2)34)32(22)25-28-11-19(12-29-25)17-5-7-27-8-6-17/h3-12,15-16,22-23,30,33-34H,13-14H2,1-2H3. The van der Waals surface area contributed by atoms with Crippen LogP contribution in [0.2, 0.25) is 5.02 Å². The van der Waals surface area contributed by atoms with E-state index < -0.39 is 34.3 Å². The Kier molecular flexibility index (Phi) is 6.90. The number of aliphatic hydroxyl groups excluding tert-OH is 2. The fourth-order valence-corrected chi connectivity index (χ4v) is 6.35. The van der Waals surface area contributed by atoms with E-state index in [1.54, 1.807) is 67.8 Å². The number of pyridine rings is 1. The Bertz CT molecular complexity index is 1480. The molecule has 1 saturated heterocycles. The summed E-state index contributed by atoms with van der Waals surface area (Å²) in [5.74, 6) is 0.298. The van der Waals surface area contributed by atoms with Gasteiger partial charge < -0.3 is 20.1 Å². The SMILES string of the molecule is CC(O)C1CN(S(=O)(=O)c2cc3cc(Cl)ccc3[nH]2)CC(C(C)O)N1c1ncc(-c2ccncc2)cn1. The summed E-state index contributed by atoms with van der Waals surface area (Å²) in [6.45, 7) is 3.13. The van der Waals surface area contributed by atoms with E-state index in [1.165, 1.54) is 4.31 Å². The maximum Gasteiger partial charge on any atom is 0.258 e. The van der Waals surface area contributed by atoms with Crippen molar-refractivity contribution in [3.05, 3.63) is 66.2 Å². The molecule has 0 aliphatic carbocycles. The number of aromatic nitrogens is 4. The lowest BCUT2D eigenvalue weighted by atomic mass is 10.0. The first kappa shape index (κ1) is 25.6. The summed E-state index contributed by atoms with van der Waals surface area (Å²) in [5, 5.41) is 22.6. The largest absolute Gasteiger partial charge is 0.391 e. The Labute approximate surface area is 219 Å². The molecular formula is C25H27ClN6O4S. The lowest BCUT2D eigenvalue weighted by Crippen LogP contribution is -2.66. The number of aromatic amines is 1. The molecule has 1 aliphatic rings. The van der Waals surface area contributed by atoms with Gasteiger partial charge in [-0.1, -0.05) is 11.6 Å². The molecule has 12 heteroatoms. The van der Waals surface area contributed by atoms with Crippen molar-refractivity contribution in [2.75, 3.05) is 18.0 Å². The fraction of sp³-hybridized carbons (Fsp3) is 0.320. The fourth-order valence-electron chi connectivity index (χ4n) is 4.68. The number of nitrogens with zero attached hydrogens (tertiary/aromatic N) is 5. The zero-order valence-corrected chi connectivity index (χ0v) is 21.8. The van der Waals surface area contributed by atoms with Gasteiger partial charge in [0.05, 0.1) is 24.3 Å². The van der Waals surface area contributed by atoms with Crippen molar-refractivity contribution in [2.45, 2.75) is 43.2 Å². The molecule has 3 aromatic heterocycles. The summed E-state index contributed by atoms with van der Waals surface area (Å²) in [5.41, 5.74) is 2.33. The third kappa shape index (κ3) is 4.92. The van der Waals surface area contributed by atoms with Crippen LogP contribution >= 0.6 is 11.6 Å². The third-order valence-corrected chi connectivity index (χ3v) is 8.66. The van der Waals surface area contributed by atoms with Crippen LogP contribution in [0.25, 0.3) is 22.0 Å². The van der Waals surface area contributed by atoms with Gasteiger partial charge in [0.2, 0.25) is 5.95 Å². The zero-order valence-electron chi connectivity index (χ0n) is 20.2. The van der Waals surface area contributed by atoms with Crippen LogP contribution in [-0.4, -0.2) is 80.3 Å². The predicted octanol–water partition coefficient (Wildman–Crippen LogP) is 2.68. The molecule has 194 valence electrons. The van der Waals surface area contributed by atoms with Crippen molar-refractivity contribution < 1.29 is 18.6 Å². The van der Waals surface area contributed by atoms with E-state index in [0.29, 0.717) is 21.9 Å². The minimum Gasteiger partial charge on any atom is -0.391 e. The summed E-state index contributed by atoms with van der Waals surface area (Å²) >= 11 is 6.07. The molecular weight excluding hydrogens is 516 g/mol. The van der Waals surface area contributed by atoms with Gasteiger partial charge in [0.15, 0.2) is 0 Å². The van der Waals surface area contributed by atoms with Crippen LogP contribution in [0, 0.1) is 0 Å². The number of rotatable bonds is 6. The zero-order chi connectivity index (χ0) is 26.3. The lowest BCUT2D eigenvalue weighted by molar-refractivity contribution is 0.0810. The second-order valence-electron chi connectivity index (χ2n) is 9.22. The van der Waals surface area contributed by atoms with E-state index in [2.05, 4.69) is 19.9 Å². The molecule has 4 heterocycles. The summed E-state index contributed by atoms with van der Waals surface area (Å²) in [7, 11) is -3.98. The average Bonchev–Trinajstić information content (AvgIpc) is 3.32. The molecule has 1 aliphatic heterocycles. The van der Waals surface area contributed by atoms with Crippen LogP contribution in [-0.2, 0) is 10.0 Å². The Balaban J connectivity index is 1.48. The van der Waals surface area contributed by atoms with Gasteiger partial charge in [-0.3, -0.25) is 4.98 Å². The van der Waals surface area contributed by atoms with Gasteiger partial charge in [0.25, 0.3) is 10.0 Å². The van der Waals surface area contributed by atoms with Crippen molar-refractivity contribution in [3.63, 3.8) is 0 Å². The third-order valence-electron chi connectivity index (χ3n) is 6.67. The monoisotopic (exact) mass is 542 g/mol. The highest BCUT2D eigenvalue weighted by atomic mass is 35.5. The molecule has 1 fully saturated rings. The van der Waals surface area contributed by atoms with E-state index in [0.717, 1.165) is 11.1 Å². The van der Waals surface area contributed by atoms with Gasteiger partial charge in [-0.15, -0.1) is 0 Å². The number of nitrogens with one attached hydrogen (secondary N) is 1. The summed E-state index contributed by atoms with van der Waals surface area (Å²) < 4.78 is 28.6. The number of hydrogen-bond donors (Lipinski definition) is 3. The van der Waals surface area contributed by atoms with Crippen molar-refractivity contribution in [1.82, 2.24) is 24.2 Å². The van der Waals surface area contributed by atoms with Gasteiger partial charge in [-0.05, 0) is 55.8 Å². The van der Waals surface area contributed by atoms with Crippen LogP contribution in [0.3, 0.4) is 0 Å². The molecule has 0 bridgehead atoms. The molecule has 0 amide bonds. The van der Waals surface area contributed by atoms with Crippen LogP contribution < -0.4 is 4.90 Å². The Hall–Kier alpha value is -3.09. The number of anilines is 1. The number of sulfonamides is 1. The van der Waals surface area contributed by atoms with Gasteiger partial charge in [0, 0.05) is 59.4 Å². The highest BCUT2D eigenvalue weighted by Crippen LogP contribution is 2.31. The van der Waals surface area contributed by atoms with Gasteiger partial charge in [-0.2, -0.15) is 4.31 Å². The molecule has 0 saturated carbocycles. The van der Waals surface area contributed by atoms with Gasteiger partial charge >= 0.3 is 0 Å². The Morgan fingerprint density at radius 3 is 2.19 bits per heavy atom. The summed E-state index contributed by atoms with van der Waals surface area (Å²) in [6, 6.07) is 8.92. The highest BCUT2D eigenvalue weighted by molar-refractivity contribution is 7.89. The number of fused-ring (bicyclic) bond motifs is 1. The number of hydrogen-bond acceptors (Lipinski definition) is 8. The minimum atomic E-state index is -3.98. The van der Waals surface area contributed by atoms with Gasteiger partial charge in [-0.25, -0.2) is 18.4 Å². The summed E-state index contributed by atoms with van der Waals surface area (Å²) in [4.78, 5) is 17.7. The van der Waals surface area contributed by atoms with E-state index in [-0.39, 0.29) is 18.1 Å². The van der Waals surface area contributed by atoms with Crippen molar-refractivity contribution in [3.8, 4) is 11.1 Å². The molecule has 4 unspecified atom stereocenters. The van der Waals surface area contributed by atoms with E-state index in [1.807, 2.05) is 12.1 Å². The van der Waals surface area contributed by atoms with E-state index >= 15 is 0 Å². The van der Waals surface area contributed by atoms with Crippen molar-refractivity contribution >= 4 is 38.5 Å². The number of H-pyrrole nitrogens is 1. The highest BCUT2D eigenvalue weighted by Gasteiger charge is 2.44. The van der Waals surface area contributed by atoms with E-state index in [4.69, 9.17) is 11.6 Å². The van der Waals surface area contributed by atoms with Gasteiger partial charge in [0.1, 0.15) is 5.03 Å². The van der Waals surface area contributed by atoms with Crippen LogP contribution in [0.4, 0.5) is 5.95 Å². The second-order valence-corrected chi connectivity index (χ2v) is 11.6. The first-order valence-electron chi connectivity index (χ1n) is 11.8.